The third-order valence-electron chi connectivity index (χ3n) is 2.23. The molecule has 16 heavy (non-hydrogen) atoms. The van der Waals surface area contributed by atoms with Crippen LogP contribution in [-0.4, -0.2) is 25.4 Å². The van der Waals surface area contributed by atoms with Gasteiger partial charge < -0.3 is 4.84 Å². The van der Waals surface area contributed by atoms with Crippen molar-refractivity contribution in [1.29, 1.82) is 0 Å². The van der Waals surface area contributed by atoms with Crippen molar-refractivity contribution in [1.82, 2.24) is 0 Å². The summed E-state index contributed by atoms with van der Waals surface area (Å²) in [6.07, 6.45) is 7.22. The summed E-state index contributed by atoms with van der Waals surface area (Å²) in [7, 11) is 0. The first kappa shape index (κ1) is 14.3. The predicted molar refractivity (Wildman–Crippen MR) is 75.6 cm³/mol. The molecule has 0 aromatic heterocycles. The predicted octanol–water partition coefficient (Wildman–Crippen LogP) is 3.29. The van der Waals surface area contributed by atoms with Crippen LogP contribution in [0.25, 0.3) is 0 Å². The molecule has 0 atom stereocenters. The average molecular weight is 275 g/mol. The smallest absolute Gasteiger partial charge is 0.0719 e. The third kappa shape index (κ3) is 3.60. The standard InChI is InChI=1S/C11H17NOS3/c1-14-9-6-8(4-5-13-12)7-10(15-2)11(9)16-3/h6-7H,4-5,12H2,1-3H3. The van der Waals surface area contributed by atoms with Crippen LogP contribution >= 0.6 is 35.3 Å². The van der Waals surface area contributed by atoms with E-state index >= 15 is 0 Å². The molecule has 2 N–H and O–H groups in total. The summed E-state index contributed by atoms with van der Waals surface area (Å²) in [5, 5.41) is 0. The summed E-state index contributed by atoms with van der Waals surface area (Å²) in [5.74, 6) is 5.06. The number of benzene rings is 1. The van der Waals surface area contributed by atoms with Gasteiger partial charge in [0, 0.05) is 14.7 Å². The Balaban J connectivity index is 3.05. The van der Waals surface area contributed by atoms with Gasteiger partial charge in [-0.25, -0.2) is 5.90 Å². The molecule has 0 fully saturated rings. The lowest BCUT2D eigenvalue weighted by Crippen LogP contribution is -2.04. The van der Waals surface area contributed by atoms with Crippen LogP contribution in [0.4, 0.5) is 0 Å². The summed E-state index contributed by atoms with van der Waals surface area (Å²) in [4.78, 5) is 8.68. The van der Waals surface area contributed by atoms with E-state index in [2.05, 4.69) is 35.7 Å². The quantitative estimate of drug-likeness (QED) is 0.637. The van der Waals surface area contributed by atoms with Gasteiger partial charge in [-0.2, -0.15) is 0 Å². The van der Waals surface area contributed by atoms with Gasteiger partial charge >= 0.3 is 0 Å². The minimum Gasteiger partial charge on any atom is -0.304 e. The molecule has 1 aromatic rings. The van der Waals surface area contributed by atoms with Gasteiger partial charge in [0.25, 0.3) is 0 Å². The van der Waals surface area contributed by atoms with Crippen molar-refractivity contribution in [3.8, 4) is 0 Å². The fourth-order valence-corrected chi connectivity index (χ4v) is 4.17. The van der Waals surface area contributed by atoms with E-state index in [9.17, 15) is 0 Å². The highest BCUT2D eigenvalue weighted by molar-refractivity contribution is 8.03. The van der Waals surface area contributed by atoms with Crippen molar-refractivity contribution in [2.75, 3.05) is 25.4 Å². The van der Waals surface area contributed by atoms with Crippen molar-refractivity contribution >= 4 is 35.3 Å². The van der Waals surface area contributed by atoms with Crippen LogP contribution in [0.3, 0.4) is 0 Å². The Kier molecular flexibility index (Phi) is 6.68. The van der Waals surface area contributed by atoms with Gasteiger partial charge in [0.2, 0.25) is 0 Å². The highest BCUT2D eigenvalue weighted by Gasteiger charge is 2.09. The number of hydrogen-bond donors (Lipinski definition) is 1. The van der Waals surface area contributed by atoms with Crippen molar-refractivity contribution in [3.63, 3.8) is 0 Å². The second-order valence-corrected chi connectivity index (χ2v) is 5.67. The summed E-state index contributed by atoms with van der Waals surface area (Å²) in [5.41, 5.74) is 1.29. The summed E-state index contributed by atoms with van der Waals surface area (Å²) in [6.45, 7) is 0.570. The van der Waals surface area contributed by atoms with Crippen LogP contribution in [0, 0.1) is 0 Å². The second-order valence-electron chi connectivity index (χ2n) is 3.15. The van der Waals surface area contributed by atoms with E-state index in [4.69, 9.17) is 5.90 Å². The fraction of sp³-hybridized carbons (Fsp3) is 0.455. The van der Waals surface area contributed by atoms with Crippen molar-refractivity contribution in [2.45, 2.75) is 21.1 Å². The first-order valence-corrected chi connectivity index (χ1v) is 8.54. The largest absolute Gasteiger partial charge is 0.304 e. The first-order chi connectivity index (χ1) is 7.76. The van der Waals surface area contributed by atoms with Gasteiger partial charge in [0.15, 0.2) is 0 Å². The molecule has 0 radical (unpaired) electrons. The van der Waals surface area contributed by atoms with Gasteiger partial charge in [-0.3, -0.25) is 0 Å². The Hall–Kier alpha value is 0.190. The topological polar surface area (TPSA) is 35.2 Å². The number of nitrogens with two attached hydrogens (primary N) is 1. The lowest BCUT2D eigenvalue weighted by Gasteiger charge is -2.12. The molecule has 5 heteroatoms. The molecule has 0 aliphatic rings. The van der Waals surface area contributed by atoms with Gasteiger partial charge in [0.05, 0.1) is 6.61 Å². The van der Waals surface area contributed by atoms with Gasteiger partial charge in [-0.1, -0.05) is 0 Å². The summed E-state index contributed by atoms with van der Waals surface area (Å²) >= 11 is 5.39. The molecule has 0 saturated heterocycles. The van der Waals surface area contributed by atoms with E-state index in [1.54, 1.807) is 35.3 Å². The molecular weight excluding hydrogens is 258 g/mol. The Morgan fingerprint density at radius 1 is 1.06 bits per heavy atom. The highest BCUT2D eigenvalue weighted by atomic mass is 32.2. The average Bonchev–Trinajstić information content (AvgIpc) is 2.34. The monoisotopic (exact) mass is 275 g/mol. The molecular formula is C11H17NOS3. The minimum atomic E-state index is 0.570. The molecule has 0 heterocycles. The molecule has 0 aliphatic carbocycles. The zero-order chi connectivity index (χ0) is 12.0. The van der Waals surface area contributed by atoms with E-state index in [-0.39, 0.29) is 0 Å². The van der Waals surface area contributed by atoms with Crippen LogP contribution in [0.1, 0.15) is 5.56 Å². The molecule has 0 spiro atoms. The van der Waals surface area contributed by atoms with E-state index in [1.807, 2.05) is 0 Å². The summed E-state index contributed by atoms with van der Waals surface area (Å²) in [6, 6.07) is 4.46. The van der Waals surface area contributed by atoms with Crippen molar-refractivity contribution < 1.29 is 4.84 Å². The fourth-order valence-electron chi connectivity index (χ4n) is 1.46. The highest BCUT2D eigenvalue weighted by Crippen LogP contribution is 2.37. The molecule has 0 amide bonds. The van der Waals surface area contributed by atoms with E-state index in [0.717, 1.165) is 6.42 Å². The molecule has 0 aliphatic heterocycles. The number of thioether (sulfide) groups is 3. The van der Waals surface area contributed by atoms with Gasteiger partial charge in [0.1, 0.15) is 0 Å². The molecule has 0 unspecified atom stereocenters. The van der Waals surface area contributed by atoms with Crippen LogP contribution in [-0.2, 0) is 11.3 Å². The van der Waals surface area contributed by atoms with E-state index < -0.39 is 0 Å². The first-order valence-electron chi connectivity index (χ1n) is 4.87. The van der Waals surface area contributed by atoms with E-state index in [0.29, 0.717) is 6.61 Å². The number of rotatable bonds is 6. The normalized spacial score (nSPS) is 10.8. The Bertz CT molecular complexity index is 319. The van der Waals surface area contributed by atoms with Crippen molar-refractivity contribution in [2.24, 2.45) is 5.90 Å². The molecule has 1 aromatic carbocycles. The van der Waals surface area contributed by atoms with Gasteiger partial charge in [-0.15, -0.1) is 35.3 Å². The lowest BCUT2D eigenvalue weighted by molar-refractivity contribution is 0.141. The maximum Gasteiger partial charge on any atom is 0.0719 e. The van der Waals surface area contributed by atoms with Crippen LogP contribution in [0.2, 0.25) is 0 Å². The minimum absolute atomic E-state index is 0.570. The summed E-state index contributed by atoms with van der Waals surface area (Å²) < 4.78 is 0. The Morgan fingerprint density at radius 3 is 2.00 bits per heavy atom. The molecule has 2 nitrogen and oxygen atoms in total. The zero-order valence-electron chi connectivity index (χ0n) is 9.78. The SMILES string of the molecule is CSc1cc(CCON)cc(SC)c1SC. The maximum absolute atomic E-state index is 5.06. The molecule has 0 bridgehead atoms. The van der Waals surface area contributed by atoms with Crippen LogP contribution in [0.15, 0.2) is 26.8 Å². The molecule has 1 rings (SSSR count). The van der Waals surface area contributed by atoms with Crippen LogP contribution < -0.4 is 5.90 Å². The van der Waals surface area contributed by atoms with Crippen LogP contribution in [0.5, 0.6) is 0 Å². The third-order valence-corrected chi connectivity index (χ3v) is 4.86. The molecule has 0 saturated carbocycles. The Labute approximate surface area is 110 Å². The van der Waals surface area contributed by atoms with E-state index in [1.165, 1.54) is 20.2 Å². The lowest BCUT2D eigenvalue weighted by atomic mass is 10.2. The van der Waals surface area contributed by atoms with Gasteiger partial charge in [-0.05, 0) is 42.9 Å². The zero-order valence-corrected chi connectivity index (χ0v) is 12.2. The van der Waals surface area contributed by atoms with Crippen molar-refractivity contribution in [3.05, 3.63) is 17.7 Å². The second kappa shape index (κ2) is 7.50. The number of hydrogen-bond acceptors (Lipinski definition) is 5. The maximum atomic E-state index is 5.06. The molecule has 90 valence electrons. The Morgan fingerprint density at radius 2 is 1.62 bits per heavy atom.